The zero-order chi connectivity index (χ0) is 11.8. The van der Waals surface area contributed by atoms with E-state index in [4.69, 9.17) is 10.5 Å². The Hall–Kier alpha value is -1.33. The second kappa shape index (κ2) is 7.03. The van der Waals surface area contributed by atoms with Crippen molar-refractivity contribution >= 4 is 15.9 Å². The van der Waals surface area contributed by atoms with Crippen LogP contribution in [0.4, 0.5) is 0 Å². The quantitative estimate of drug-likeness (QED) is 0.594. The van der Waals surface area contributed by atoms with Gasteiger partial charge in [0.1, 0.15) is 12.1 Å². The van der Waals surface area contributed by atoms with E-state index in [-0.39, 0.29) is 5.69 Å². The number of nitrogens with zero attached hydrogens (tertiary/aromatic N) is 4. The molecule has 0 bridgehead atoms. The minimum atomic E-state index is 0.225. The lowest BCUT2D eigenvalue weighted by molar-refractivity contribution is 0.581. The number of unbranched alkanes of at least 4 members (excludes halogenated alkanes) is 3. The van der Waals surface area contributed by atoms with Crippen LogP contribution in [0.15, 0.2) is 6.33 Å². The van der Waals surface area contributed by atoms with Crippen LogP contribution in [0.3, 0.4) is 0 Å². The topological polar surface area (TPSA) is 65.4 Å². The predicted octanol–water partition coefficient (Wildman–Crippen LogP) is 2.58. The van der Waals surface area contributed by atoms with Gasteiger partial charge in [0.05, 0.1) is 6.33 Å². The molecule has 0 amide bonds. The third kappa shape index (κ3) is 3.36. The molecule has 0 spiro atoms. The SMILES string of the molecule is N#Cc1ncn(CCCCCCBr)c1C#N. The van der Waals surface area contributed by atoms with Crippen LogP contribution < -0.4 is 0 Å². The molecule has 0 saturated carbocycles. The van der Waals surface area contributed by atoms with Gasteiger partial charge in [0, 0.05) is 11.9 Å². The molecule has 0 aromatic carbocycles. The zero-order valence-corrected chi connectivity index (χ0v) is 10.6. The van der Waals surface area contributed by atoms with Gasteiger partial charge in [0.2, 0.25) is 0 Å². The van der Waals surface area contributed by atoms with E-state index in [1.54, 1.807) is 10.9 Å². The van der Waals surface area contributed by atoms with Gasteiger partial charge in [0.15, 0.2) is 11.4 Å². The number of hydrogen-bond acceptors (Lipinski definition) is 3. The summed E-state index contributed by atoms with van der Waals surface area (Å²) in [5.74, 6) is 0. The van der Waals surface area contributed by atoms with Crippen molar-refractivity contribution in [2.24, 2.45) is 0 Å². The smallest absolute Gasteiger partial charge is 0.176 e. The van der Waals surface area contributed by atoms with Crippen molar-refractivity contribution in [3.63, 3.8) is 0 Å². The Bertz CT molecular complexity index is 411. The Morgan fingerprint density at radius 1 is 1.19 bits per heavy atom. The van der Waals surface area contributed by atoms with Crippen LogP contribution in [0.2, 0.25) is 0 Å². The normalized spacial score (nSPS) is 9.69. The van der Waals surface area contributed by atoms with Gasteiger partial charge < -0.3 is 4.57 Å². The van der Waals surface area contributed by atoms with Crippen LogP contribution in [0.25, 0.3) is 0 Å². The second-order valence-electron chi connectivity index (χ2n) is 3.46. The molecule has 16 heavy (non-hydrogen) atoms. The highest BCUT2D eigenvalue weighted by molar-refractivity contribution is 9.09. The first-order valence-corrected chi connectivity index (χ1v) is 6.37. The van der Waals surface area contributed by atoms with E-state index in [9.17, 15) is 0 Å². The first-order chi connectivity index (χ1) is 7.83. The van der Waals surface area contributed by atoms with E-state index in [0.717, 1.165) is 24.7 Å². The number of hydrogen-bond donors (Lipinski definition) is 0. The molecule has 1 aromatic heterocycles. The molecular weight excluding hydrogens is 268 g/mol. The van der Waals surface area contributed by atoms with Crippen molar-refractivity contribution in [1.82, 2.24) is 9.55 Å². The Morgan fingerprint density at radius 2 is 1.94 bits per heavy atom. The summed E-state index contributed by atoms with van der Waals surface area (Å²) in [6, 6.07) is 3.93. The molecule has 84 valence electrons. The maximum Gasteiger partial charge on any atom is 0.176 e. The lowest BCUT2D eigenvalue weighted by Gasteiger charge is -2.02. The van der Waals surface area contributed by atoms with Crippen LogP contribution in [0.1, 0.15) is 37.1 Å². The molecule has 0 atom stereocenters. The van der Waals surface area contributed by atoms with Crippen molar-refractivity contribution in [3.8, 4) is 12.1 Å². The maximum atomic E-state index is 8.89. The number of nitriles is 2. The summed E-state index contributed by atoms with van der Waals surface area (Å²) in [5.41, 5.74) is 0.603. The third-order valence-electron chi connectivity index (χ3n) is 2.33. The molecule has 0 aliphatic carbocycles. The van der Waals surface area contributed by atoms with Crippen molar-refractivity contribution in [3.05, 3.63) is 17.7 Å². The highest BCUT2D eigenvalue weighted by Gasteiger charge is 2.08. The Morgan fingerprint density at radius 3 is 2.56 bits per heavy atom. The number of aryl methyl sites for hydroxylation is 1. The molecule has 5 heteroatoms. The van der Waals surface area contributed by atoms with E-state index < -0.39 is 0 Å². The van der Waals surface area contributed by atoms with Crippen molar-refractivity contribution < 1.29 is 0 Å². The minimum absolute atomic E-state index is 0.225. The molecule has 1 aromatic rings. The van der Waals surface area contributed by atoms with Crippen molar-refractivity contribution in [2.45, 2.75) is 32.2 Å². The number of halogens is 1. The number of rotatable bonds is 6. The number of alkyl halides is 1. The first-order valence-electron chi connectivity index (χ1n) is 5.24. The molecule has 0 radical (unpaired) electrons. The fraction of sp³-hybridized carbons (Fsp3) is 0.545. The van der Waals surface area contributed by atoms with Gasteiger partial charge in [-0.3, -0.25) is 0 Å². The van der Waals surface area contributed by atoms with Gasteiger partial charge in [-0.05, 0) is 12.8 Å². The molecular formula is C11H13BrN4. The van der Waals surface area contributed by atoms with Crippen molar-refractivity contribution in [2.75, 3.05) is 5.33 Å². The first kappa shape index (κ1) is 12.7. The maximum absolute atomic E-state index is 8.89. The minimum Gasteiger partial charge on any atom is -0.321 e. The third-order valence-corrected chi connectivity index (χ3v) is 2.89. The Balaban J connectivity index is 2.46. The molecule has 0 aliphatic heterocycles. The lowest BCUT2D eigenvalue weighted by atomic mass is 10.2. The predicted molar refractivity (Wildman–Crippen MR) is 63.9 cm³/mol. The average molecular weight is 281 g/mol. The molecule has 0 aliphatic rings. The summed E-state index contributed by atoms with van der Waals surface area (Å²) in [5, 5.41) is 18.7. The van der Waals surface area contributed by atoms with E-state index in [1.807, 2.05) is 12.1 Å². The average Bonchev–Trinajstić information content (AvgIpc) is 2.71. The molecule has 0 unspecified atom stereocenters. The van der Waals surface area contributed by atoms with Crippen LogP contribution >= 0.6 is 15.9 Å². The van der Waals surface area contributed by atoms with Crippen LogP contribution in [-0.2, 0) is 6.54 Å². The van der Waals surface area contributed by atoms with Crippen LogP contribution in [0.5, 0.6) is 0 Å². The van der Waals surface area contributed by atoms with E-state index >= 15 is 0 Å². The van der Waals surface area contributed by atoms with Gasteiger partial charge in [-0.1, -0.05) is 28.8 Å². The molecule has 0 fully saturated rings. The zero-order valence-electron chi connectivity index (χ0n) is 8.99. The van der Waals surface area contributed by atoms with E-state index in [2.05, 4.69) is 20.9 Å². The van der Waals surface area contributed by atoms with Gasteiger partial charge >= 0.3 is 0 Å². The molecule has 0 N–H and O–H groups in total. The van der Waals surface area contributed by atoms with Gasteiger partial charge in [0.25, 0.3) is 0 Å². The summed E-state index contributed by atoms with van der Waals surface area (Å²) >= 11 is 3.39. The van der Waals surface area contributed by atoms with E-state index in [0.29, 0.717) is 5.69 Å². The molecule has 4 nitrogen and oxygen atoms in total. The van der Waals surface area contributed by atoms with Crippen molar-refractivity contribution in [1.29, 1.82) is 10.5 Å². The highest BCUT2D eigenvalue weighted by atomic mass is 79.9. The number of aromatic nitrogens is 2. The molecule has 0 saturated heterocycles. The lowest BCUT2D eigenvalue weighted by Crippen LogP contribution is -2.00. The molecule has 1 heterocycles. The largest absolute Gasteiger partial charge is 0.321 e. The summed E-state index contributed by atoms with van der Waals surface area (Å²) in [6.07, 6.45) is 6.09. The molecule has 1 rings (SSSR count). The summed E-state index contributed by atoms with van der Waals surface area (Å²) in [6.45, 7) is 0.764. The number of imidazole rings is 1. The van der Waals surface area contributed by atoms with Gasteiger partial charge in [-0.15, -0.1) is 0 Å². The highest BCUT2D eigenvalue weighted by Crippen LogP contribution is 2.08. The standard InChI is InChI=1S/C11H13BrN4/c12-5-3-1-2-4-6-16-9-15-10(7-13)11(16)8-14/h9H,1-6H2. The summed E-state index contributed by atoms with van der Waals surface area (Å²) in [4.78, 5) is 3.89. The second-order valence-corrected chi connectivity index (χ2v) is 4.25. The van der Waals surface area contributed by atoms with Gasteiger partial charge in [-0.25, -0.2) is 4.98 Å². The fourth-order valence-electron chi connectivity index (χ4n) is 1.48. The van der Waals surface area contributed by atoms with Crippen LogP contribution in [-0.4, -0.2) is 14.9 Å². The summed E-state index contributed by atoms with van der Waals surface area (Å²) < 4.78 is 1.76. The van der Waals surface area contributed by atoms with E-state index in [1.165, 1.54) is 12.8 Å². The van der Waals surface area contributed by atoms with Crippen LogP contribution in [0, 0.1) is 22.7 Å². The fourth-order valence-corrected chi connectivity index (χ4v) is 1.88. The monoisotopic (exact) mass is 280 g/mol. The van der Waals surface area contributed by atoms with Gasteiger partial charge in [-0.2, -0.15) is 10.5 Å². The summed E-state index contributed by atoms with van der Waals surface area (Å²) in [7, 11) is 0. The Kier molecular flexibility index (Phi) is 5.60. The Labute approximate surface area is 104 Å².